The van der Waals surface area contributed by atoms with Gasteiger partial charge in [0.25, 0.3) is 0 Å². The van der Waals surface area contributed by atoms with Crippen molar-refractivity contribution in [1.82, 2.24) is 0 Å². The number of hydrogen-bond acceptors (Lipinski definition) is 3. The predicted molar refractivity (Wildman–Crippen MR) is 45.5 cm³/mol. The molecule has 0 N–H and O–H groups in total. The number of rotatable bonds is 5. The van der Waals surface area contributed by atoms with Crippen LogP contribution in [0.3, 0.4) is 0 Å². The molecule has 0 bridgehead atoms. The summed E-state index contributed by atoms with van der Waals surface area (Å²) in [4.78, 5) is 9.77. The Bertz CT molecular complexity index is 75.5. The monoisotopic (exact) mass is 163 g/mol. The zero-order valence-corrected chi connectivity index (χ0v) is 7.35. The number of hydrogen-bond donors (Lipinski definition) is 0. The van der Waals surface area contributed by atoms with E-state index in [2.05, 4.69) is 6.92 Å². The Morgan fingerprint density at radius 2 is 2.33 bits per heavy atom. The van der Waals surface area contributed by atoms with E-state index in [-0.39, 0.29) is 0 Å². The molecule has 0 saturated heterocycles. The van der Waals surface area contributed by atoms with Gasteiger partial charge in [0.15, 0.2) is 6.29 Å². The largest absolute Gasteiger partial charge is 0.291 e. The molecule has 0 unspecified atom stereocenters. The van der Waals surface area contributed by atoms with Gasteiger partial charge in [0.2, 0.25) is 0 Å². The second-order valence-corrected chi connectivity index (χ2v) is 4.66. The van der Waals surface area contributed by atoms with Gasteiger partial charge in [-0.15, -0.1) is 0 Å². The standard InChI is InChI=1S/C6H11OS2/c1-6(9-8-2)4-3-5-7/h6H,3-4H2,1-2H3/t6-/m1/s1. The van der Waals surface area contributed by atoms with Gasteiger partial charge in [-0.25, -0.2) is 0 Å². The van der Waals surface area contributed by atoms with Crippen LogP contribution >= 0.6 is 21.6 Å². The summed E-state index contributed by atoms with van der Waals surface area (Å²) in [7, 11) is 3.56. The van der Waals surface area contributed by atoms with Crippen LogP contribution in [0.1, 0.15) is 19.8 Å². The maximum atomic E-state index is 9.77. The Balaban J connectivity index is 3.04. The molecule has 0 rings (SSSR count). The van der Waals surface area contributed by atoms with Crippen LogP contribution in [-0.4, -0.2) is 17.8 Å². The first-order chi connectivity index (χ1) is 4.31. The Labute approximate surface area is 64.4 Å². The van der Waals surface area contributed by atoms with E-state index in [0.29, 0.717) is 11.7 Å². The van der Waals surface area contributed by atoms with Gasteiger partial charge in [-0.05, 0) is 12.7 Å². The van der Waals surface area contributed by atoms with Crippen LogP contribution in [-0.2, 0) is 4.79 Å². The molecule has 1 nitrogen and oxygen atoms in total. The fourth-order valence-electron chi connectivity index (χ4n) is 0.475. The zero-order chi connectivity index (χ0) is 7.11. The van der Waals surface area contributed by atoms with Crippen LogP contribution in [0.25, 0.3) is 0 Å². The van der Waals surface area contributed by atoms with Crippen LogP contribution < -0.4 is 0 Å². The van der Waals surface area contributed by atoms with E-state index in [1.54, 1.807) is 10.8 Å². The second-order valence-electron chi connectivity index (χ2n) is 1.76. The molecular weight excluding hydrogens is 152 g/mol. The van der Waals surface area contributed by atoms with E-state index >= 15 is 0 Å². The SMILES string of the molecule is CSS[C@H](C)CC[C]=O. The molecule has 0 spiro atoms. The van der Waals surface area contributed by atoms with Crippen molar-refractivity contribution in [1.29, 1.82) is 0 Å². The summed E-state index contributed by atoms with van der Waals surface area (Å²) >= 11 is 0. The Morgan fingerprint density at radius 1 is 1.67 bits per heavy atom. The smallest absolute Gasteiger partial charge is 0.198 e. The highest BCUT2D eigenvalue weighted by molar-refractivity contribution is 8.76. The lowest BCUT2D eigenvalue weighted by molar-refractivity contribution is 0.548. The van der Waals surface area contributed by atoms with Crippen molar-refractivity contribution >= 4 is 27.9 Å². The van der Waals surface area contributed by atoms with Crippen LogP contribution in [0.15, 0.2) is 0 Å². The lowest BCUT2D eigenvalue weighted by Gasteiger charge is -2.03. The van der Waals surface area contributed by atoms with Gasteiger partial charge in [-0.3, -0.25) is 4.79 Å². The molecule has 0 aromatic rings. The van der Waals surface area contributed by atoms with E-state index in [4.69, 9.17) is 0 Å². The molecule has 0 fully saturated rings. The minimum atomic E-state index is 0.578. The summed E-state index contributed by atoms with van der Waals surface area (Å²) < 4.78 is 0. The summed E-state index contributed by atoms with van der Waals surface area (Å²) in [6.07, 6.45) is 5.46. The van der Waals surface area contributed by atoms with Crippen molar-refractivity contribution in [3.63, 3.8) is 0 Å². The summed E-state index contributed by atoms with van der Waals surface area (Å²) in [6.45, 7) is 2.12. The minimum absolute atomic E-state index is 0.578. The molecule has 9 heavy (non-hydrogen) atoms. The lowest BCUT2D eigenvalue weighted by Crippen LogP contribution is -1.92. The zero-order valence-electron chi connectivity index (χ0n) is 5.72. The molecule has 0 aliphatic carbocycles. The van der Waals surface area contributed by atoms with Crippen molar-refractivity contribution < 1.29 is 4.79 Å². The fraction of sp³-hybridized carbons (Fsp3) is 0.833. The average molecular weight is 163 g/mol. The van der Waals surface area contributed by atoms with Crippen LogP contribution in [0.4, 0.5) is 0 Å². The molecule has 0 aromatic heterocycles. The van der Waals surface area contributed by atoms with Gasteiger partial charge in [0.05, 0.1) is 0 Å². The first-order valence-corrected chi connectivity index (χ1v) is 5.48. The molecule has 1 radical (unpaired) electrons. The van der Waals surface area contributed by atoms with Gasteiger partial charge in [0, 0.05) is 11.7 Å². The highest BCUT2D eigenvalue weighted by Crippen LogP contribution is 2.25. The fourth-order valence-corrected chi connectivity index (χ4v) is 2.29. The van der Waals surface area contributed by atoms with Gasteiger partial charge >= 0.3 is 0 Å². The molecule has 0 aromatic carbocycles. The Morgan fingerprint density at radius 3 is 2.78 bits per heavy atom. The maximum absolute atomic E-state index is 9.77. The van der Waals surface area contributed by atoms with Crippen molar-refractivity contribution in [2.24, 2.45) is 0 Å². The van der Waals surface area contributed by atoms with Crippen molar-refractivity contribution in [3.05, 3.63) is 0 Å². The molecule has 53 valence electrons. The highest BCUT2D eigenvalue weighted by Gasteiger charge is 1.99. The van der Waals surface area contributed by atoms with Crippen molar-refractivity contribution in [3.8, 4) is 0 Å². The Kier molecular flexibility index (Phi) is 6.76. The molecule has 0 heterocycles. The van der Waals surface area contributed by atoms with Crippen LogP contribution in [0, 0.1) is 0 Å². The van der Waals surface area contributed by atoms with Crippen LogP contribution in [0.5, 0.6) is 0 Å². The molecule has 0 aliphatic rings. The van der Waals surface area contributed by atoms with Gasteiger partial charge in [-0.1, -0.05) is 28.5 Å². The van der Waals surface area contributed by atoms with E-state index in [1.165, 1.54) is 0 Å². The predicted octanol–water partition coefficient (Wildman–Crippen LogP) is 2.28. The van der Waals surface area contributed by atoms with E-state index in [0.717, 1.165) is 6.42 Å². The van der Waals surface area contributed by atoms with E-state index < -0.39 is 0 Å². The van der Waals surface area contributed by atoms with Gasteiger partial charge in [-0.2, -0.15) is 0 Å². The lowest BCUT2D eigenvalue weighted by atomic mass is 10.3. The Hall–Kier alpha value is 0.370. The van der Waals surface area contributed by atoms with Crippen LogP contribution in [0.2, 0.25) is 0 Å². The normalized spacial score (nSPS) is 13.1. The first-order valence-electron chi connectivity index (χ1n) is 2.85. The maximum Gasteiger partial charge on any atom is 0.198 e. The second kappa shape index (κ2) is 6.49. The van der Waals surface area contributed by atoms with E-state index in [1.807, 2.05) is 23.3 Å². The van der Waals surface area contributed by atoms with Crippen molar-refractivity contribution in [2.45, 2.75) is 25.0 Å². The topological polar surface area (TPSA) is 17.1 Å². The summed E-state index contributed by atoms with van der Waals surface area (Å²) in [5.41, 5.74) is 0. The van der Waals surface area contributed by atoms with Crippen molar-refractivity contribution in [2.75, 3.05) is 6.26 Å². The quantitative estimate of drug-likeness (QED) is 0.579. The van der Waals surface area contributed by atoms with Gasteiger partial charge in [0.1, 0.15) is 0 Å². The molecule has 3 heteroatoms. The molecular formula is C6H11OS2. The molecule has 0 aliphatic heterocycles. The average Bonchev–Trinajstić information content (AvgIpc) is 1.85. The summed E-state index contributed by atoms with van der Waals surface area (Å²) in [5, 5.41) is 0.585. The molecule has 1 atom stereocenters. The first kappa shape index (κ1) is 9.37. The summed E-state index contributed by atoms with van der Waals surface area (Å²) in [6, 6.07) is 0. The van der Waals surface area contributed by atoms with Gasteiger partial charge < -0.3 is 0 Å². The molecule has 0 saturated carbocycles. The number of carbonyl (C=O) groups excluding carboxylic acids is 1. The third kappa shape index (κ3) is 6.25. The van der Waals surface area contributed by atoms with E-state index in [9.17, 15) is 4.79 Å². The third-order valence-electron chi connectivity index (χ3n) is 0.913. The highest BCUT2D eigenvalue weighted by atomic mass is 33.1. The molecule has 0 amide bonds. The third-order valence-corrected chi connectivity index (χ3v) is 3.23. The summed E-state index contributed by atoms with van der Waals surface area (Å²) in [5.74, 6) is 0. The minimum Gasteiger partial charge on any atom is -0.291 e.